The number of hydrogen-bond acceptors (Lipinski definition) is 2. The van der Waals surface area contributed by atoms with E-state index in [4.69, 9.17) is 0 Å². The first-order chi connectivity index (χ1) is 9.52. The van der Waals surface area contributed by atoms with E-state index in [1.165, 1.54) is 29.9 Å². The smallest absolute Gasteiger partial charge is 0.251 e. The number of rotatable bonds is 8. The monoisotopic (exact) mass is 342 g/mol. The molecule has 0 aliphatic heterocycles. The highest BCUT2D eigenvalue weighted by molar-refractivity contribution is 9.10. The van der Waals surface area contributed by atoms with Crippen molar-refractivity contribution < 1.29 is 4.79 Å². The van der Waals surface area contributed by atoms with Crippen molar-refractivity contribution in [3.63, 3.8) is 0 Å². The van der Waals surface area contributed by atoms with Crippen molar-refractivity contribution in [2.24, 2.45) is 0 Å². The average Bonchev–Trinajstić information content (AvgIpc) is 2.39. The van der Waals surface area contributed by atoms with E-state index in [1.807, 2.05) is 6.92 Å². The lowest BCUT2D eigenvalue weighted by Crippen LogP contribution is -2.37. The standard InChI is InChI=1S/C15H23BrN2O2/c1-3-4-5-6-7-12(2)17-14(19)11-18-10-13(16)8-9-15(18)20/h8-10,12H,3-7,11H2,1-2H3,(H,17,19). The van der Waals surface area contributed by atoms with Gasteiger partial charge in [-0.1, -0.05) is 32.6 Å². The van der Waals surface area contributed by atoms with E-state index in [-0.39, 0.29) is 24.1 Å². The molecule has 0 aromatic carbocycles. The van der Waals surface area contributed by atoms with Crippen molar-refractivity contribution in [2.45, 2.75) is 58.5 Å². The molecule has 0 saturated heterocycles. The third kappa shape index (κ3) is 6.37. The van der Waals surface area contributed by atoms with Gasteiger partial charge in [0.2, 0.25) is 5.91 Å². The third-order valence-electron chi connectivity index (χ3n) is 3.16. The topological polar surface area (TPSA) is 51.1 Å². The van der Waals surface area contributed by atoms with Crippen LogP contribution in [-0.4, -0.2) is 16.5 Å². The van der Waals surface area contributed by atoms with Crippen LogP contribution in [0.3, 0.4) is 0 Å². The molecule has 5 heteroatoms. The average molecular weight is 343 g/mol. The first kappa shape index (κ1) is 17.0. The molecule has 112 valence electrons. The van der Waals surface area contributed by atoms with E-state index in [9.17, 15) is 9.59 Å². The van der Waals surface area contributed by atoms with Crippen molar-refractivity contribution in [3.05, 3.63) is 33.2 Å². The molecular weight excluding hydrogens is 320 g/mol. The number of carbonyl (C=O) groups excluding carboxylic acids is 1. The number of aromatic nitrogens is 1. The molecule has 0 aliphatic rings. The van der Waals surface area contributed by atoms with Gasteiger partial charge >= 0.3 is 0 Å². The Morgan fingerprint density at radius 2 is 2.10 bits per heavy atom. The summed E-state index contributed by atoms with van der Waals surface area (Å²) in [6, 6.07) is 3.28. The van der Waals surface area contributed by atoms with Crippen LogP contribution in [0.15, 0.2) is 27.6 Å². The second-order valence-corrected chi connectivity index (χ2v) is 6.05. The lowest BCUT2D eigenvalue weighted by atomic mass is 10.1. The molecule has 0 aliphatic carbocycles. The number of unbranched alkanes of at least 4 members (excludes halogenated alkanes) is 3. The zero-order chi connectivity index (χ0) is 15.0. The van der Waals surface area contributed by atoms with Gasteiger partial charge in [0.15, 0.2) is 0 Å². The Hall–Kier alpha value is -1.10. The number of nitrogens with zero attached hydrogens (tertiary/aromatic N) is 1. The van der Waals surface area contributed by atoms with Crippen molar-refractivity contribution in [2.75, 3.05) is 0 Å². The van der Waals surface area contributed by atoms with Crippen LogP contribution in [0.5, 0.6) is 0 Å². The zero-order valence-electron chi connectivity index (χ0n) is 12.2. The Kier molecular flexibility index (Phi) is 7.59. The summed E-state index contributed by atoms with van der Waals surface area (Å²) in [4.78, 5) is 23.5. The molecule has 0 saturated carbocycles. The highest BCUT2D eigenvalue weighted by Crippen LogP contribution is 2.06. The minimum absolute atomic E-state index is 0.0670. The summed E-state index contributed by atoms with van der Waals surface area (Å²) < 4.78 is 2.20. The predicted molar refractivity (Wildman–Crippen MR) is 84.8 cm³/mol. The van der Waals surface area contributed by atoms with Gasteiger partial charge in [-0.05, 0) is 35.3 Å². The van der Waals surface area contributed by atoms with Gasteiger partial charge in [-0.15, -0.1) is 0 Å². The minimum atomic E-state index is -0.168. The van der Waals surface area contributed by atoms with Gasteiger partial charge in [0.05, 0.1) is 0 Å². The molecule has 0 bridgehead atoms. The van der Waals surface area contributed by atoms with E-state index < -0.39 is 0 Å². The van der Waals surface area contributed by atoms with Crippen LogP contribution in [0.25, 0.3) is 0 Å². The largest absolute Gasteiger partial charge is 0.352 e. The number of hydrogen-bond donors (Lipinski definition) is 1. The fourth-order valence-corrected chi connectivity index (χ4v) is 2.43. The summed E-state index contributed by atoms with van der Waals surface area (Å²) in [5, 5.41) is 2.94. The van der Waals surface area contributed by atoms with Crippen LogP contribution in [0.1, 0.15) is 46.0 Å². The Bertz CT molecular complexity index is 485. The van der Waals surface area contributed by atoms with Crippen LogP contribution in [-0.2, 0) is 11.3 Å². The molecule has 1 rings (SSSR count). The Balaban J connectivity index is 2.39. The minimum Gasteiger partial charge on any atom is -0.352 e. The summed E-state index contributed by atoms with van der Waals surface area (Å²) >= 11 is 3.29. The molecule has 4 nitrogen and oxygen atoms in total. The number of nitrogens with one attached hydrogen (secondary N) is 1. The second kappa shape index (κ2) is 8.95. The van der Waals surface area contributed by atoms with Crippen molar-refractivity contribution in [1.82, 2.24) is 9.88 Å². The predicted octanol–water partition coefficient (Wildman–Crippen LogP) is 3.09. The van der Waals surface area contributed by atoms with E-state index in [1.54, 1.807) is 12.3 Å². The maximum Gasteiger partial charge on any atom is 0.251 e. The third-order valence-corrected chi connectivity index (χ3v) is 3.63. The van der Waals surface area contributed by atoms with Gasteiger partial charge in [0.1, 0.15) is 6.54 Å². The molecule has 0 radical (unpaired) electrons. The van der Waals surface area contributed by atoms with Crippen LogP contribution >= 0.6 is 15.9 Å². The molecular formula is C15H23BrN2O2. The zero-order valence-corrected chi connectivity index (χ0v) is 13.8. The van der Waals surface area contributed by atoms with E-state index in [0.717, 1.165) is 17.3 Å². The number of amides is 1. The molecule has 1 aromatic rings. The lowest BCUT2D eigenvalue weighted by Gasteiger charge is -2.14. The molecule has 1 aromatic heterocycles. The van der Waals surface area contributed by atoms with Crippen LogP contribution in [0.4, 0.5) is 0 Å². The highest BCUT2D eigenvalue weighted by Gasteiger charge is 2.08. The van der Waals surface area contributed by atoms with Crippen molar-refractivity contribution in [1.29, 1.82) is 0 Å². The Morgan fingerprint density at radius 1 is 1.35 bits per heavy atom. The van der Waals surface area contributed by atoms with Crippen LogP contribution < -0.4 is 10.9 Å². The highest BCUT2D eigenvalue weighted by atomic mass is 79.9. The molecule has 1 heterocycles. The van der Waals surface area contributed by atoms with Crippen LogP contribution in [0, 0.1) is 0 Å². The normalized spacial score (nSPS) is 12.2. The molecule has 0 spiro atoms. The lowest BCUT2D eigenvalue weighted by molar-refractivity contribution is -0.122. The molecule has 1 N–H and O–H groups in total. The van der Waals surface area contributed by atoms with E-state index in [2.05, 4.69) is 28.2 Å². The first-order valence-corrected chi connectivity index (χ1v) is 7.97. The van der Waals surface area contributed by atoms with Gasteiger partial charge in [0, 0.05) is 22.8 Å². The fraction of sp³-hybridized carbons (Fsp3) is 0.600. The quantitative estimate of drug-likeness (QED) is 0.738. The maximum absolute atomic E-state index is 11.9. The molecule has 1 atom stereocenters. The first-order valence-electron chi connectivity index (χ1n) is 7.18. The molecule has 1 amide bonds. The fourth-order valence-electron chi connectivity index (χ4n) is 2.05. The van der Waals surface area contributed by atoms with Gasteiger partial charge in [-0.2, -0.15) is 0 Å². The summed E-state index contributed by atoms with van der Waals surface area (Å²) in [7, 11) is 0. The number of carbonyl (C=O) groups is 1. The summed E-state index contributed by atoms with van der Waals surface area (Å²) in [5.41, 5.74) is -0.168. The summed E-state index contributed by atoms with van der Waals surface area (Å²) in [6.45, 7) is 4.26. The molecule has 1 unspecified atom stereocenters. The Labute approximate surface area is 128 Å². The van der Waals surface area contributed by atoms with Gasteiger partial charge < -0.3 is 9.88 Å². The summed E-state index contributed by atoms with van der Waals surface area (Å²) in [5.74, 6) is -0.117. The van der Waals surface area contributed by atoms with Gasteiger partial charge in [-0.3, -0.25) is 9.59 Å². The molecule has 20 heavy (non-hydrogen) atoms. The van der Waals surface area contributed by atoms with Crippen LogP contribution in [0.2, 0.25) is 0 Å². The SMILES string of the molecule is CCCCCCC(C)NC(=O)Cn1cc(Br)ccc1=O. The number of halogens is 1. The molecule has 0 fully saturated rings. The maximum atomic E-state index is 11.9. The second-order valence-electron chi connectivity index (χ2n) is 5.13. The number of pyridine rings is 1. The summed E-state index contributed by atoms with van der Waals surface area (Å²) in [6.07, 6.45) is 7.42. The van der Waals surface area contributed by atoms with Crippen molar-refractivity contribution >= 4 is 21.8 Å². The van der Waals surface area contributed by atoms with Gasteiger partial charge in [0.25, 0.3) is 5.56 Å². The van der Waals surface area contributed by atoms with E-state index >= 15 is 0 Å². The van der Waals surface area contributed by atoms with Gasteiger partial charge in [-0.25, -0.2) is 0 Å². The van der Waals surface area contributed by atoms with Crippen molar-refractivity contribution in [3.8, 4) is 0 Å². The Morgan fingerprint density at radius 3 is 2.80 bits per heavy atom. The van der Waals surface area contributed by atoms with E-state index in [0.29, 0.717) is 0 Å².